The van der Waals surface area contributed by atoms with Crippen molar-refractivity contribution in [3.63, 3.8) is 0 Å². The van der Waals surface area contributed by atoms with Gasteiger partial charge in [0.25, 0.3) is 11.6 Å². The summed E-state index contributed by atoms with van der Waals surface area (Å²) in [6.07, 6.45) is 0. The minimum atomic E-state index is -0.679. The lowest BCUT2D eigenvalue weighted by Gasteiger charge is -2.02. The Morgan fingerprint density at radius 3 is 2.87 bits per heavy atom. The maximum atomic E-state index is 12.1. The first kappa shape index (κ1) is 16.8. The molecule has 1 N–H and O–H groups in total. The molecule has 1 aromatic heterocycles. The van der Waals surface area contributed by atoms with Crippen LogP contribution in [-0.2, 0) is 4.74 Å². The SMILES string of the molecule is CCOC(=O)c1csc(NC(=O)c2ccc(Cl)c([N+](=O)[O-])c2)n1. The van der Waals surface area contributed by atoms with Crippen molar-refractivity contribution in [1.29, 1.82) is 0 Å². The number of nitro benzene ring substituents is 1. The normalized spacial score (nSPS) is 10.2. The zero-order chi connectivity index (χ0) is 17.0. The van der Waals surface area contributed by atoms with Gasteiger partial charge in [-0.3, -0.25) is 20.2 Å². The molecule has 0 aliphatic carbocycles. The fourth-order valence-corrected chi connectivity index (χ4v) is 2.45. The molecule has 0 spiro atoms. The van der Waals surface area contributed by atoms with Gasteiger partial charge in [0.2, 0.25) is 0 Å². The molecule has 0 aliphatic rings. The second-order valence-electron chi connectivity index (χ2n) is 4.14. The van der Waals surface area contributed by atoms with Crippen LogP contribution in [0.2, 0.25) is 5.02 Å². The van der Waals surface area contributed by atoms with Crippen molar-refractivity contribution in [1.82, 2.24) is 4.98 Å². The zero-order valence-electron chi connectivity index (χ0n) is 11.7. The van der Waals surface area contributed by atoms with E-state index in [9.17, 15) is 19.7 Å². The molecule has 8 nitrogen and oxygen atoms in total. The summed E-state index contributed by atoms with van der Waals surface area (Å²) in [4.78, 5) is 37.6. The van der Waals surface area contributed by atoms with Crippen LogP contribution in [0.1, 0.15) is 27.8 Å². The minimum absolute atomic E-state index is 0.0500. The fraction of sp³-hybridized carbons (Fsp3) is 0.154. The zero-order valence-corrected chi connectivity index (χ0v) is 13.3. The van der Waals surface area contributed by atoms with Crippen molar-refractivity contribution in [2.24, 2.45) is 0 Å². The van der Waals surface area contributed by atoms with E-state index in [1.165, 1.54) is 17.5 Å². The smallest absolute Gasteiger partial charge is 0.357 e. The second kappa shape index (κ2) is 7.16. The van der Waals surface area contributed by atoms with Crippen LogP contribution in [0.4, 0.5) is 10.8 Å². The number of hydrogen-bond donors (Lipinski definition) is 1. The molecule has 0 atom stereocenters. The van der Waals surface area contributed by atoms with E-state index in [2.05, 4.69) is 10.3 Å². The highest BCUT2D eigenvalue weighted by molar-refractivity contribution is 7.14. The van der Waals surface area contributed by atoms with E-state index < -0.39 is 16.8 Å². The van der Waals surface area contributed by atoms with Crippen LogP contribution in [0.3, 0.4) is 0 Å². The summed E-state index contributed by atoms with van der Waals surface area (Å²) in [6.45, 7) is 1.88. The highest BCUT2D eigenvalue weighted by Gasteiger charge is 2.18. The molecule has 120 valence electrons. The van der Waals surface area contributed by atoms with Crippen molar-refractivity contribution in [2.75, 3.05) is 11.9 Å². The summed E-state index contributed by atoms with van der Waals surface area (Å²) in [7, 11) is 0. The molecule has 0 bridgehead atoms. The Bertz CT molecular complexity index is 777. The van der Waals surface area contributed by atoms with Crippen LogP contribution in [0.15, 0.2) is 23.6 Å². The summed E-state index contributed by atoms with van der Waals surface area (Å²) in [5, 5.41) is 14.8. The van der Waals surface area contributed by atoms with E-state index in [1.807, 2.05) is 0 Å². The van der Waals surface area contributed by atoms with Crippen molar-refractivity contribution in [2.45, 2.75) is 6.92 Å². The standard InChI is InChI=1S/C13H10ClN3O5S/c1-2-22-12(19)9-6-23-13(15-9)16-11(18)7-3-4-8(14)10(5-7)17(20)21/h3-6H,2H2,1H3,(H,15,16,18). The number of anilines is 1. The van der Waals surface area contributed by atoms with E-state index in [-0.39, 0.29) is 33.7 Å². The Morgan fingerprint density at radius 1 is 1.48 bits per heavy atom. The van der Waals surface area contributed by atoms with Crippen LogP contribution in [0.25, 0.3) is 0 Å². The molecular formula is C13H10ClN3O5S. The molecule has 1 aromatic carbocycles. The average Bonchev–Trinajstić information content (AvgIpc) is 2.96. The first-order valence-electron chi connectivity index (χ1n) is 6.30. The summed E-state index contributed by atoms with van der Waals surface area (Å²) < 4.78 is 4.79. The average molecular weight is 356 g/mol. The molecule has 0 radical (unpaired) electrons. The Hall–Kier alpha value is -2.52. The van der Waals surface area contributed by atoms with Gasteiger partial charge in [0.1, 0.15) is 5.02 Å². The van der Waals surface area contributed by atoms with E-state index in [0.717, 1.165) is 17.4 Å². The molecule has 23 heavy (non-hydrogen) atoms. The van der Waals surface area contributed by atoms with Gasteiger partial charge in [-0.2, -0.15) is 0 Å². The molecule has 1 amide bonds. The third-order valence-corrected chi connectivity index (χ3v) is 3.69. The number of nitro groups is 1. The quantitative estimate of drug-likeness (QED) is 0.501. The maximum absolute atomic E-state index is 12.1. The molecule has 0 saturated heterocycles. The number of esters is 1. The summed E-state index contributed by atoms with van der Waals surface area (Å²) in [5.74, 6) is -1.19. The number of carbonyl (C=O) groups excluding carboxylic acids is 2. The number of halogens is 1. The number of amides is 1. The van der Waals surface area contributed by atoms with Crippen molar-refractivity contribution in [3.8, 4) is 0 Å². The number of rotatable bonds is 5. The Kier molecular flexibility index (Phi) is 5.24. The largest absolute Gasteiger partial charge is 0.461 e. The van der Waals surface area contributed by atoms with Crippen molar-refractivity contribution >= 4 is 45.6 Å². The summed E-state index contributed by atoms with van der Waals surface area (Å²) in [5.41, 5.74) is -0.242. The predicted octanol–water partition coefficient (Wildman–Crippen LogP) is 3.13. The van der Waals surface area contributed by atoms with Crippen molar-refractivity contribution < 1.29 is 19.2 Å². The molecule has 2 aromatic rings. The van der Waals surface area contributed by atoms with Crippen LogP contribution < -0.4 is 5.32 Å². The lowest BCUT2D eigenvalue weighted by atomic mass is 10.2. The number of hydrogen-bond acceptors (Lipinski definition) is 7. The van der Waals surface area contributed by atoms with Gasteiger partial charge in [-0.05, 0) is 19.1 Å². The number of benzene rings is 1. The topological polar surface area (TPSA) is 111 Å². The van der Waals surface area contributed by atoms with Gasteiger partial charge in [0.15, 0.2) is 10.8 Å². The maximum Gasteiger partial charge on any atom is 0.357 e. The molecule has 10 heteroatoms. The number of nitrogens with zero attached hydrogens (tertiary/aromatic N) is 2. The molecule has 0 fully saturated rings. The minimum Gasteiger partial charge on any atom is -0.461 e. The Balaban J connectivity index is 2.15. The number of thiazole rings is 1. The van der Waals surface area contributed by atoms with Gasteiger partial charge >= 0.3 is 5.97 Å². The fourth-order valence-electron chi connectivity index (χ4n) is 1.59. The van der Waals surface area contributed by atoms with Crippen LogP contribution in [0, 0.1) is 10.1 Å². The molecule has 0 unspecified atom stereocenters. The van der Waals surface area contributed by atoms with Crippen LogP contribution in [0.5, 0.6) is 0 Å². The van der Waals surface area contributed by atoms with E-state index >= 15 is 0 Å². The van der Waals surface area contributed by atoms with Gasteiger partial charge in [0.05, 0.1) is 11.5 Å². The molecule has 0 saturated carbocycles. The number of carbonyl (C=O) groups is 2. The van der Waals surface area contributed by atoms with Crippen LogP contribution in [-0.4, -0.2) is 28.4 Å². The highest BCUT2D eigenvalue weighted by Crippen LogP contribution is 2.26. The van der Waals surface area contributed by atoms with E-state index in [1.54, 1.807) is 6.92 Å². The Morgan fingerprint density at radius 2 is 2.22 bits per heavy atom. The lowest BCUT2D eigenvalue weighted by molar-refractivity contribution is -0.384. The van der Waals surface area contributed by atoms with E-state index in [4.69, 9.17) is 16.3 Å². The van der Waals surface area contributed by atoms with Gasteiger partial charge in [-0.25, -0.2) is 9.78 Å². The monoisotopic (exact) mass is 355 g/mol. The van der Waals surface area contributed by atoms with Crippen LogP contribution >= 0.6 is 22.9 Å². The first-order chi connectivity index (χ1) is 10.9. The highest BCUT2D eigenvalue weighted by atomic mass is 35.5. The molecular weight excluding hydrogens is 346 g/mol. The van der Waals surface area contributed by atoms with Crippen molar-refractivity contribution in [3.05, 3.63) is 50.0 Å². The first-order valence-corrected chi connectivity index (χ1v) is 7.56. The second-order valence-corrected chi connectivity index (χ2v) is 5.40. The third kappa shape index (κ3) is 4.02. The van der Waals surface area contributed by atoms with Gasteiger partial charge in [-0.15, -0.1) is 11.3 Å². The molecule has 0 aliphatic heterocycles. The number of nitrogens with one attached hydrogen (secondary N) is 1. The molecule has 2 rings (SSSR count). The Labute approximate surface area is 139 Å². The number of ether oxygens (including phenoxy) is 1. The van der Waals surface area contributed by atoms with Gasteiger partial charge in [-0.1, -0.05) is 11.6 Å². The number of aromatic nitrogens is 1. The third-order valence-electron chi connectivity index (χ3n) is 2.61. The summed E-state index contributed by atoms with van der Waals surface area (Å²) >= 11 is 6.73. The lowest BCUT2D eigenvalue weighted by Crippen LogP contribution is -2.12. The molecule has 1 heterocycles. The predicted molar refractivity (Wildman–Crippen MR) is 84.1 cm³/mol. The van der Waals surface area contributed by atoms with Gasteiger partial charge in [0, 0.05) is 17.0 Å². The van der Waals surface area contributed by atoms with Gasteiger partial charge < -0.3 is 4.74 Å². The summed E-state index contributed by atoms with van der Waals surface area (Å²) in [6, 6.07) is 3.68. The van der Waals surface area contributed by atoms with E-state index in [0.29, 0.717) is 0 Å².